The lowest BCUT2D eigenvalue weighted by molar-refractivity contribution is -0.143. The minimum atomic E-state index is -0.0196. The molecule has 1 aliphatic carbocycles. The molecule has 0 spiro atoms. The molecule has 0 aromatic carbocycles. The van der Waals surface area contributed by atoms with Gasteiger partial charge in [0.1, 0.15) is 6.61 Å². The van der Waals surface area contributed by atoms with E-state index in [4.69, 9.17) is 4.74 Å². The number of esters is 1. The molecule has 0 atom stereocenters. The van der Waals surface area contributed by atoms with Crippen molar-refractivity contribution in [2.24, 2.45) is 5.92 Å². The summed E-state index contributed by atoms with van der Waals surface area (Å²) in [5, 5.41) is 3.22. The van der Waals surface area contributed by atoms with Gasteiger partial charge in [0, 0.05) is 13.0 Å². The van der Waals surface area contributed by atoms with Crippen molar-refractivity contribution in [3.05, 3.63) is 0 Å². The first-order valence-corrected chi connectivity index (χ1v) is 7.19. The Morgan fingerprint density at radius 3 is 2.71 bits per heavy atom. The van der Waals surface area contributed by atoms with Crippen LogP contribution in [0, 0.1) is 5.92 Å². The standard InChI is InChI=1S/C14H27NO2/c1-2-10-15-11-12-17-14(16)9-8-13-6-4-3-5-7-13/h13,15H,2-12H2,1H3. The maximum Gasteiger partial charge on any atom is 0.305 e. The molecule has 3 nitrogen and oxygen atoms in total. The van der Waals surface area contributed by atoms with Crippen LogP contribution >= 0.6 is 0 Å². The van der Waals surface area contributed by atoms with Gasteiger partial charge in [-0.2, -0.15) is 0 Å². The molecule has 0 unspecified atom stereocenters. The van der Waals surface area contributed by atoms with Gasteiger partial charge in [0.25, 0.3) is 0 Å². The zero-order chi connectivity index (χ0) is 12.3. The molecular formula is C14H27NO2. The van der Waals surface area contributed by atoms with Crippen LogP contribution in [-0.4, -0.2) is 25.7 Å². The number of rotatable bonds is 8. The van der Waals surface area contributed by atoms with Gasteiger partial charge in [0.05, 0.1) is 0 Å². The van der Waals surface area contributed by atoms with Gasteiger partial charge >= 0.3 is 5.97 Å². The third kappa shape index (κ3) is 7.37. The highest BCUT2D eigenvalue weighted by atomic mass is 16.5. The highest BCUT2D eigenvalue weighted by Crippen LogP contribution is 2.27. The number of hydrogen-bond donors (Lipinski definition) is 1. The van der Waals surface area contributed by atoms with Crippen molar-refractivity contribution >= 4 is 5.97 Å². The third-order valence-corrected chi connectivity index (χ3v) is 3.45. The van der Waals surface area contributed by atoms with Crippen LogP contribution in [0.15, 0.2) is 0 Å². The fourth-order valence-corrected chi connectivity index (χ4v) is 2.41. The highest BCUT2D eigenvalue weighted by molar-refractivity contribution is 5.69. The summed E-state index contributed by atoms with van der Waals surface area (Å²) in [5.41, 5.74) is 0. The van der Waals surface area contributed by atoms with Crippen LogP contribution in [0.4, 0.5) is 0 Å². The molecule has 1 saturated carbocycles. The SMILES string of the molecule is CCCNCCOC(=O)CCC1CCCCC1. The van der Waals surface area contributed by atoms with E-state index in [9.17, 15) is 4.79 Å². The molecule has 0 bridgehead atoms. The summed E-state index contributed by atoms with van der Waals surface area (Å²) in [4.78, 5) is 11.5. The maximum absolute atomic E-state index is 11.5. The van der Waals surface area contributed by atoms with E-state index in [0.717, 1.165) is 31.8 Å². The van der Waals surface area contributed by atoms with Gasteiger partial charge in [0.2, 0.25) is 0 Å². The molecule has 0 aromatic rings. The van der Waals surface area contributed by atoms with E-state index < -0.39 is 0 Å². The molecule has 1 fully saturated rings. The zero-order valence-electron chi connectivity index (χ0n) is 11.2. The van der Waals surface area contributed by atoms with Gasteiger partial charge < -0.3 is 10.1 Å². The van der Waals surface area contributed by atoms with Crippen LogP contribution in [0.1, 0.15) is 58.3 Å². The number of carbonyl (C=O) groups excluding carboxylic acids is 1. The van der Waals surface area contributed by atoms with E-state index in [1.165, 1.54) is 32.1 Å². The van der Waals surface area contributed by atoms with Crippen molar-refractivity contribution < 1.29 is 9.53 Å². The van der Waals surface area contributed by atoms with E-state index in [-0.39, 0.29) is 5.97 Å². The average molecular weight is 241 g/mol. The van der Waals surface area contributed by atoms with Crippen molar-refractivity contribution in [1.29, 1.82) is 0 Å². The molecule has 17 heavy (non-hydrogen) atoms. The predicted octanol–water partition coefficient (Wildman–Crippen LogP) is 2.89. The first-order valence-electron chi connectivity index (χ1n) is 7.19. The van der Waals surface area contributed by atoms with Crippen LogP contribution < -0.4 is 5.32 Å². The van der Waals surface area contributed by atoms with Crippen molar-refractivity contribution in [1.82, 2.24) is 5.32 Å². The second-order valence-corrected chi connectivity index (χ2v) is 5.01. The van der Waals surface area contributed by atoms with Crippen LogP contribution in [0.5, 0.6) is 0 Å². The summed E-state index contributed by atoms with van der Waals surface area (Å²) in [6, 6.07) is 0. The van der Waals surface area contributed by atoms with E-state index in [1.807, 2.05) is 0 Å². The molecule has 1 aliphatic rings. The lowest BCUT2D eigenvalue weighted by Crippen LogP contribution is -2.22. The molecule has 0 heterocycles. The normalized spacial score (nSPS) is 17.0. The topological polar surface area (TPSA) is 38.3 Å². The van der Waals surface area contributed by atoms with Crippen molar-refractivity contribution in [3.8, 4) is 0 Å². The Labute approximate surface area is 105 Å². The first kappa shape index (κ1) is 14.5. The van der Waals surface area contributed by atoms with Crippen molar-refractivity contribution in [3.63, 3.8) is 0 Å². The van der Waals surface area contributed by atoms with Gasteiger partial charge in [-0.05, 0) is 25.3 Å². The molecule has 1 N–H and O–H groups in total. The van der Waals surface area contributed by atoms with Crippen LogP contribution in [-0.2, 0) is 9.53 Å². The van der Waals surface area contributed by atoms with E-state index in [2.05, 4.69) is 12.2 Å². The third-order valence-electron chi connectivity index (χ3n) is 3.45. The number of carbonyl (C=O) groups is 1. The van der Waals surface area contributed by atoms with Gasteiger partial charge in [-0.15, -0.1) is 0 Å². The molecule has 0 radical (unpaired) electrons. The number of hydrogen-bond acceptors (Lipinski definition) is 3. The Balaban J connectivity index is 1.93. The summed E-state index contributed by atoms with van der Waals surface area (Å²) in [5.74, 6) is 0.753. The second kappa shape index (κ2) is 9.46. The second-order valence-electron chi connectivity index (χ2n) is 5.01. The Kier molecular flexibility index (Phi) is 8.06. The molecule has 0 aromatic heterocycles. The summed E-state index contributed by atoms with van der Waals surface area (Å²) >= 11 is 0. The van der Waals surface area contributed by atoms with Crippen LogP contribution in [0.3, 0.4) is 0 Å². The minimum absolute atomic E-state index is 0.0196. The molecule has 3 heteroatoms. The highest BCUT2D eigenvalue weighted by Gasteiger charge is 2.15. The van der Waals surface area contributed by atoms with E-state index in [0.29, 0.717) is 13.0 Å². The van der Waals surface area contributed by atoms with Crippen LogP contribution in [0.2, 0.25) is 0 Å². The lowest BCUT2D eigenvalue weighted by atomic mass is 9.86. The first-order chi connectivity index (χ1) is 8.33. The maximum atomic E-state index is 11.5. The molecule has 0 aliphatic heterocycles. The van der Waals surface area contributed by atoms with Gasteiger partial charge in [0.15, 0.2) is 0 Å². The minimum Gasteiger partial charge on any atom is -0.464 e. The number of ether oxygens (including phenoxy) is 1. The summed E-state index contributed by atoms with van der Waals surface area (Å²) in [7, 11) is 0. The molecule has 100 valence electrons. The summed E-state index contributed by atoms with van der Waals surface area (Å²) in [6.07, 6.45) is 9.46. The quantitative estimate of drug-likeness (QED) is 0.524. The lowest BCUT2D eigenvalue weighted by Gasteiger charge is -2.20. The smallest absolute Gasteiger partial charge is 0.305 e. The van der Waals surface area contributed by atoms with Crippen LogP contribution in [0.25, 0.3) is 0 Å². The Hall–Kier alpha value is -0.570. The monoisotopic (exact) mass is 241 g/mol. The largest absolute Gasteiger partial charge is 0.464 e. The summed E-state index contributed by atoms with van der Waals surface area (Å²) < 4.78 is 5.18. The van der Waals surface area contributed by atoms with Gasteiger partial charge in [-0.1, -0.05) is 39.0 Å². The Morgan fingerprint density at radius 1 is 1.24 bits per heavy atom. The van der Waals surface area contributed by atoms with E-state index >= 15 is 0 Å². The van der Waals surface area contributed by atoms with Crippen molar-refractivity contribution in [2.45, 2.75) is 58.3 Å². The van der Waals surface area contributed by atoms with Gasteiger partial charge in [-0.3, -0.25) is 4.79 Å². The fourth-order valence-electron chi connectivity index (χ4n) is 2.41. The Morgan fingerprint density at radius 2 is 2.00 bits per heavy atom. The average Bonchev–Trinajstić information content (AvgIpc) is 2.37. The number of nitrogens with one attached hydrogen (secondary N) is 1. The van der Waals surface area contributed by atoms with Gasteiger partial charge in [-0.25, -0.2) is 0 Å². The van der Waals surface area contributed by atoms with E-state index in [1.54, 1.807) is 0 Å². The molecule has 1 rings (SSSR count). The van der Waals surface area contributed by atoms with Crippen molar-refractivity contribution in [2.75, 3.05) is 19.7 Å². The summed E-state index contributed by atoms with van der Waals surface area (Å²) in [6.45, 7) is 4.43. The fraction of sp³-hybridized carbons (Fsp3) is 0.929. The molecular weight excluding hydrogens is 214 g/mol. The zero-order valence-corrected chi connectivity index (χ0v) is 11.2. The molecule has 0 amide bonds. The molecule has 0 saturated heterocycles. The predicted molar refractivity (Wildman–Crippen MR) is 69.9 cm³/mol. The Bertz CT molecular complexity index is 200.